The van der Waals surface area contributed by atoms with Crippen LogP contribution in [0.4, 0.5) is 0 Å². The first-order chi connectivity index (χ1) is 16.9. The summed E-state index contributed by atoms with van der Waals surface area (Å²) < 4.78 is 5.71. The number of carbonyl (C=O) groups is 3. The van der Waals surface area contributed by atoms with Crippen molar-refractivity contribution in [3.05, 3.63) is 47.2 Å². The highest BCUT2D eigenvalue weighted by Gasteiger charge is 2.52. The molecule has 2 fully saturated rings. The molecule has 36 heavy (non-hydrogen) atoms. The molecule has 1 saturated carbocycles. The molecule has 194 valence electrons. The molecule has 2 amide bonds. The molecule has 1 aromatic carbocycles. The van der Waals surface area contributed by atoms with Gasteiger partial charge in [-0.2, -0.15) is 0 Å². The predicted octanol–water partition coefficient (Wildman–Crippen LogP) is 4.33. The maximum atomic E-state index is 13.3. The second kappa shape index (κ2) is 9.90. The van der Waals surface area contributed by atoms with Crippen LogP contribution in [0.5, 0.6) is 0 Å². The molecule has 4 atom stereocenters. The van der Waals surface area contributed by atoms with Crippen molar-refractivity contribution < 1.29 is 23.9 Å². The molecule has 1 aromatic heterocycles. The van der Waals surface area contributed by atoms with Crippen LogP contribution in [0.15, 0.2) is 40.8 Å². The van der Waals surface area contributed by atoms with Gasteiger partial charge in [-0.05, 0) is 89.8 Å². The standard InChI is InChI=1S/C27H34ClN3O5/c1-26(2,3)30-18-9-12-22(27(4,15-18)25(34)35)31-14-13-19(24(31)33)29-23(32)21-11-10-20(36-21)16-5-7-17(28)8-6-16/h5-8,10-11,18-19,22,30H,9,12-15H2,1-4H3,(H,29,32)(H,34,35)/t18-,19?,22+,27-/m1/s1. The molecule has 8 nitrogen and oxygen atoms in total. The number of aliphatic carboxylic acids is 1. The normalized spacial score (nSPS) is 26.8. The van der Waals surface area contributed by atoms with Gasteiger partial charge in [-0.15, -0.1) is 0 Å². The van der Waals surface area contributed by atoms with Crippen LogP contribution in [-0.2, 0) is 9.59 Å². The fourth-order valence-corrected chi connectivity index (χ4v) is 5.62. The van der Waals surface area contributed by atoms with E-state index in [2.05, 4.69) is 31.4 Å². The van der Waals surface area contributed by atoms with Gasteiger partial charge in [0.05, 0.1) is 5.41 Å². The Morgan fingerprint density at radius 2 is 1.81 bits per heavy atom. The Balaban J connectivity index is 1.42. The lowest BCUT2D eigenvalue weighted by Crippen LogP contribution is -2.59. The van der Waals surface area contributed by atoms with E-state index in [4.69, 9.17) is 16.0 Å². The van der Waals surface area contributed by atoms with Crippen molar-refractivity contribution >= 4 is 29.4 Å². The largest absolute Gasteiger partial charge is 0.481 e. The molecule has 2 heterocycles. The molecule has 9 heteroatoms. The fraction of sp³-hybridized carbons (Fsp3) is 0.519. The third-order valence-corrected chi connectivity index (χ3v) is 7.45. The number of carbonyl (C=O) groups excluding carboxylic acids is 2. The summed E-state index contributed by atoms with van der Waals surface area (Å²) in [5.74, 6) is -0.995. The molecule has 3 N–H and O–H groups in total. The number of amides is 2. The van der Waals surface area contributed by atoms with Crippen LogP contribution < -0.4 is 10.6 Å². The number of nitrogens with one attached hydrogen (secondary N) is 2. The van der Waals surface area contributed by atoms with Crippen molar-refractivity contribution in [3.63, 3.8) is 0 Å². The zero-order valence-corrected chi connectivity index (χ0v) is 21.9. The summed E-state index contributed by atoms with van der Waals surface area (Å²) in [7, 11) is 0. The number of hydrogen-bond donors (Lipinski definition) is 3. The third-order valence-electron chi connectivity index (χ3n) is 7.20. The van der Waals surface area contributed by atoms with E-state index in [0.717, 1.165) is 12.0 Å². The van der Waals surface area contributed by atoms with Crippen LogP contribution in [-0.4, -0.2) is 58.0 Å². The van der Waals surface area contributed by atoms with Gasteiger partial charge in [-0.3, -0.25) is 14.4 Å². The zero-order valence-electron chi connectivity index (χ0n) is 21.1. The third kappa shape index (κ3) is 5.44. The van der Waals surface area contributed by atoms with Crippen LogP contribution in [0.2, 0.25) is 5.02 Å². The average molecular weight is 516 g/mol. The highest BCUT2D eigenvalue weighted by molar-refractivity contribution is 6.30. The van der Waals surface area contributed by atoms with Crippen LogP contribution >= 0.6 is 11.6 Å². The molecule has 2 aromatic rings. The Morgan fingerprint density at radius 1 is 1.11 bits per heavy atom. The van der Waals surface area contributed by atoms with E-state index in [9.17, 15) is 19.5 Å². The second-order valence-electron chi connectivity index (χ2n) is 11.1. The van der Waals surface area contributed by atoms with Crippen molar-refractivity contribution in [1.29, 1.82) is 0 Å². The van der Waals surface area contributed by atoms with Gasteiger partial charge in [0.2, 0.25) is 5.91 Å². The van der Waals surface area contributed by atoms with E-state index < -0.39 is 29.4 Å². The number of hydrogen-bond acceptors (Lipinski definition) is 5. The van der Waals surface area contributed by atoms with Crippen molar-refractivity contribution in [2.75, 3.05) is 6.54 Å². The first-order valence-corrected chi connectivity index (χ1v) is 12.7. The van der Waals surface area contributed by atoms with Gasteiger partial charge >= 0.3 is 5.97 Å². The van der Waals surface area contributed by atoms with Crippen molar-refractivity contribution in [3.8, 4) is 11.3 Å². The van der Waals surface area contributed by atoms with E-state index >= 15 is 0 Å². The first-order valence-electron chi connectivity index (χ1n) is 12.4. The minimum Gasteiger partial charge on any atom is -0.481 e. The molecule has 2 aliphatic rings. The summed E-state index contributed by atoms with van der Waals surface area (Å²) in [5, 5.41) is 17.0. The van der Waals surface area contributed by atoms with Crippen molar-refractivity contribution in [2.45, 2.75) is 77.0 Å². The topological polar surface area (TPSA) is 112 Å². The van der Waals surface area contributed by atoms with Gasteiger partial charge in [-0.1, -0.05) is 11.6 Å². The van der Waals surface area contributed by atoms with E-state index in [1.54, 1.807) is 48.2 Å². The summed E-state index contributed by atoms with van der Waals surface area (Å²) >= 11 is 5.93. The van der Waals surface area contributed by atoms with E-state index in [1.807, 2.05) is 0 Å². The monoisotopic (exact) mass is 515 g/mol. The predicted molar refractivity (Wildman–Crippen MR) is 137 cm³/mol. The number of nitrogens with zero attached hydrogens (tertiary/aromatic N) is 1. The molecule has 1 aliphatic heterocycles. The van der Waals surface area contributed by atoms with Gasteiger partial charge < -0.3 is 25.1 Å². The lowest BCUT2D eigenvalue weighted by atomic mass is 9.68. The Labute approximate surface area is 216 Å². The Morgan fingerprint density at radius 3 is 2.44 bits per heavy atom. The smallest absolute Gasteiger partial charge is 0.311 e. The fourth-order valence-electron chi connectivity index (χ4n) is 5.50. The summed E-state index contributed by atoms with van der Waals surface area (Å²) in [6, 6.07) is 9.26. The number of furan rings is 1. The Kier molecular flexibility index (Phi) is 7.21. The molecule has 0 bridgehead atoms. The van der Waals surface area contributed by atoms with Gasteiger partial charge in [0.15, 0.2) is 5.76 Å². The van der Waals surface area contributed by atoms with Crippen LogP contribution in [0.1, 0.15) is 63.9 Å². The number of likely N-dealkylation sites (tertiary alicyclic amines) is 1. The van der Waals surface area contributed by atoms with E-state index in [-0.39, 0.29) is 23.2 Å². The van der Waals surface area contributed by atoms with E-state index in [0.29, 0.717) is 36.6 Å². The Bertz CT molecular complexity index is 1140. The number of rotatable bonds is 6. The molecule has 1 saturated heterocycles. The van der Waals surface area contributed by atoms with Gasteiger partial charge in [0.25, 0.3) is 5.91 Å². The summed E-state index contributed by atoms with van der Waals surface area (Å²) in [5.41, 5.74) is -0.426. The SMILES string of the molecule is CC(C)(C)N[C@@H]1CC[C@H](N2CCC(NC(=O)c3ccc(-c4ccc(Cl)cc4)o3)C2=O)[C@](C)(C(=O)O)C1. The van der Waals surface area contributed by atoms with Gasteiger partial charge in [0.1, 0.15) is 11.8 Å². The number of benzene rings is 1. The first kappa shape index (κ1) is 26.2. The Hall–Kier alpha value is -2.84. The lowest BCUT2D eigenvalue weighted by molar-refractivity contribution is -0.158. The van der Waals surface area contributed by atoms with Crippen molar-refractivity contribution in [1.82, 2.24) is 15.5 Å². The summed E-state index contributed by atoms with van der Waals surface area (Å²) in [6.07, 6.45) is 2.23. The zero-order chi connectivity index (χ0) is 26.3. The van der Waals surface area contributed by atoms with Crippen molar-refractivity contribution in [2.24, 2.45) is 5.41 Å². The number of halogens is 1. The van der Waals surface area contributed by atoms with Gasteiger partial charge in [0, 0.05) is 34.8 Å². The summed E-state index contributed by atoms with van der Waals surface area (Å²) in [6.45, 7) is 8.32. The maximum absolute atomic E-state index is 13.3. The highest BCUT2D eigenvalue weighted by Crippen LogP contribution is 2.41. The molecule has 0 spiro atoms. The second-order valence-corrected chi connectivity index (χ2v) is 11.6. The molecular formula is C27H34ClN3O5. The summed E-state index contributed by atoms with van der Waals surface area (Å²) in [4.78, 5) is 40.2. The van der Waals surface area contributed by atoms with Gasteiger partial charge in [-0.25, -0.2) is 0 Å². The highest BCUT2D eigenvalue weighted by atomic mass is 35.5. The minimum atomic E-state index is -1.08. The van der Waals surface area contributed by atoms with Crippen LogP contribution in [0.3, 0.4) is 0 Å². The number of carboxylic acids is 1. The molecule has 0 radical (unpaired) electrons. The lowest BCUT2D eigenvalue weighted by Gasteiger charge is -2.47. The van der Waals surface area contributed by atoms with Crippen LogP contribution in [0.25, 0.3) is 11.3 Å². The average Bonchev–Trinajstić information content (AvgIpc) is 3.41. The molecule has 1 unspecified atom stereocenters. The van der Waals surface area contributed by atoms with E-state index in [1.165, 1.54) is 0 Å². The van der Waals surface area contributed by atoms with Crippen LogP contribution in [0, 0.1) is 5.41 Å². The molecule has 4 rings (SSSR count). The number of carboxylic acid groups (broad SMARTS) is 1. The quantitative estimate of drug-likeness (QED) is 0.528. The molecule has 1 aliphatic carbocycles. The maximum Gasteiger partial charge on any atom is 0.311 e. The molecular weight excluding hydrogens is 482 g/mol. The minimum absolute atomic E-state index is 0.0596.